The van der Waals surface area contributed by atoms with Gasteiger partial charge >= 0.3 is 11.9 Å². The zero-order valence-corrected chi connectivity index (χ0v) is 25.4. The zero-order valence-electron chi connectivity index (χ0n) is 23.1. The Morgan fingerprint density at radius 2 is 1.15 bits per heavy atom. The summed E-state index contributed by atoms with van der Waals surface area (Å²) in [6, 6.07) is 15.8. The largest absolute Gasteiger partial charge is 1.00 e. The predicted molar refractivity (Wildman–Crippen MR) is 151 cm³/mol. The van der Waals surface area contributed by atoms with Crippen LogP contribution in [0.2, 0.25) is 0 Å². The maximum atomic E-state index is 4.27. The van der Waals surface area contributed by atoms with Gasteiger partial charge in [0.1, 0.15) is 11.4 Å². The number of nitrogens with one attached hydrogen (secondary N) is 2. The normalized spacial score (nSPS) is 10.5. The van der Waals surface area contributed by atoms with Gasteiger partial charge in [-0.05, 0) is 54.8 Å². The maximum absolute atomic E-state index is 4.27. The molecule has 4 aromatic rings. The van der Waals surface area contributed by atoms with Crippen molar-refractivity contribution in [1.82, 2.24) is 9.13 Å². The quantitative estimate of drug-likeness (QED) is 0.154. The van der Waals surface area contributed by atoms with Gasteiger partial charge in [-0.1, -0.05) is 10.2 Å². The predicted octanol–water partition coefficient (Wildman–Crippen LogP) is -0.645. The fourth-order valence-electron chi connectivity index (χ4n) is 3.29. The summed E-state index contributed by atoms with van der Waals surface area (Å²) in [5, 5.41) is 23.4. The number of imidazole rings is 2. The van der Waals surface area contributed by atoms with Crippen LogP contribution in [0, 0.1) is 0 Å². The van der Waals surface area contributed by atoms with Crippen LogP contribution in [0.1, 0.15) is 0 Å². The molecule has 39 heavy (non-hydrogen) atoms. The lowest BCUT2D eigenvalue weighted by atomic mass is 10.3. The Labute approximate surface area is 247 Å². The highest BCUT2D eigenvalue weighted by molar-refractivity contribution is 7.98. The first-order valence-electron chi connectivity index (χ1n) is 11.9. The van der Waals surface area contributed by atoms with Crippen LogP contribution in [0.25, 0.3) is 0 Å². The Bertz CT molecular complexity index is 1280. The van der Waals surface area contributed by atoms with Crippen LogP contribution in [0.4, 0.5) is 34.6 Å². The Morgan fingerprint density at radius 1 is 0.718 bits per heavy atom. The van der Waals surface area contributed by atoms with Gasteiger partial charge in [-0.3, -0.25) is 0 Å². The molecule has 10 nitrogen and oxygen atoms in total. The number of azo groups is 2. The van der Waals surface area contributed by atoms with Crippen molar-refractivity contribution < 1.29 is 33.9 Å². The van der Waals surface area contributed by atoms with Crippen LogP contribution >= 0.6 is 11.8 Å². The number of rotatable bonds is 9. The topological polar surface area (TPSA) is 91.1 Å². The number of nitrogens with zero attached hydrogens (tertiary/aromatic N) is 8. The number of hydrogen-bond donors (Lipinski definition) is 2. The average molecular weight is 592 g/mol. The van der Waals surface area contributed by atoms with Gasteiger partial charge in [-0.25, -0.2) is 18.3 Å². The number of aryl methyl sites for hydroxylation is 4. The van der Waals surface area contributed by atoms with E-state index in [0.29, 0.717) is 0 Å². The smallest absolute Gasteiger partial charge is 0.421 e. The molecule has 13 heteroatoms. The van der Waals surface area contributed by atoms with Crippen molar-refractivity contribution >= 4 is 46.4 Å². The van der Waals surface area contributed by atoms with E-state index in [1.165, 1.54) is 0 Å². The molecule has 0 spiro atoms. The van der Waals surface area contributed by atoms with Crippen LogP contribution in [-0.2, 0) is 28.2 Å². The van der Waals surface area contributed by atoms with E-state index < -0.39 is 0 Å². The van der Waals surface area contributed by atoms with E-state index in [2.05, 4.69) is 37.3 Å². The molecule has 0 aliphatic carbocycles. The summed E-state index contributed by atoms with van der Waals surface area (Å²) in [6.45, 7) is 0.973. The average Bonchev–Trinajstić information content (AvgIpc) is 3.42. The molecule has 2 aromatic heterocycles. The van der Waals surface area contributed by atoms with Gasteiger partial charge in [-0.2, -0.15) is 11.8 Å². The number of aromatic nitrogens is 4. The number of benzene rings is 2. The first-order chi connectivity index (χ1) is 17.9. The molecule has 2 aromatic carbocycles. The Kier molecular flexibility index (Phi) is 14.9. The summed E-state index contributed by atoms with van der Waals surface area (Å²) in [7, 11) is 9.68. The van der Waals surface area contributed by atoms with Crippen molar-refractivity contribution in [3.63, 3.8) is 0 Å². The monoisotopic (exact) mass is 590 g/mol. The van der Waals surface area contributed by atoms with Crippen LogP contribution in [0.15, 0.2) is 93.8 Å². The highest BCUT2D eigenvalue weighted by Gasteiger charge is 2.11. The molecule has 210 valence electrons. The van der Waals surface area contributed by atoms with Crippen molar-refractivity contribution in [1.29, 1.82) is 0 Å². The van der Waals surface area contributed by atoms with Crippen LogP contribution in [-0.4, -0.2) is 34.7 Å². The van der Waals surface area contributed by atoms with Crippen molar-refractivity contribution in [2.45, 2.75) is 0 Å². The summed E-state index contributed by atoms with van der Waals surface area (Å²) in [4.78, 5) is 0. The molecular formula is C26H36Cl2N10S. The van der Waals surface area contributed by atoms with Crippen LogP contribution in [0.3, 0.4) is 0 Å². The number of anilines is 2. The Hall–Kier alpha value is -3.41. The van der Waals surface area contributed by atoms with E-state index in [1.54, 1.807) is 0 Å². The number of hydrogen-bond acceptors (Lipinski definition) is 7. The first-order valence-corrected chi connectivity index (χ1v) is 13.3. The minimum atomic E-state index is 0. The Morgan fingerprint density at radius 3 is 1.51 bits per heavy atom. The third-order valence-corrected chi connectivity index (χ3v) is 6.07. The third-order valence-electron chi connectivity index (χ3n) is 5.46. The van der Waals surface area contributed by atoms with Gasteiger partial charge < -0.3 is 35.4 Å². The molecule has 0 saturated heterocycles. The molecule has 4 rings (SSSR count). The van der Waals surface area contributed by atoms with Crippen molar-refractivity contribution in [3.05, 3.63) is 73.3 Å². The van der Waals surface area contributed by atoms with Gasteiger partial charge in [0.25, 0.3) is 0 Å². The van der Waals surface area contributed by atoms with Gasteiger partial charge in [-0.15, -0.1) is 0 Å². The minimum absolute atomic E-state index is 0. The molecule has 0 aliphatic heterocycles. The molecule has 0 unspecified atom stereocenters. The van der Waals surface area contributed by atoms with E-state index in [4.69, 9.17) is 0 Å². The molecule has 0 saturated carbocycles. The highest BCUT2D eigenvalue weighted by Crippen LogP contribution is 2.19. The molecule has 0 atom stereocenters. The molecule has 0 bridgehead atoms. The molecular weight excluding hydrogens is 555 g/mol. The highest BCUT2D eigenvalue weighted by atomic mass is 35.5. The summed E-state index contributed by atoms with van der Waals surface area (Å²) in [5.74, 6) is 2.72. The summed E-state index contributed by atoms with van der Waals surface area (Å²) >= 11 is 1.83. The van der Waals surface area contributed by atoms with Gasteiger partial charge in [0.15, 0.2) is 0 Å². The SMILES string of the molecule is CNc1ccc(N=Nc2n(C)cc[n+]2C)cc1.CSCCNc1ccc(N=Nc2n(C)cc[n+]2C)cc1.[Cl-].[Cl-]. The number of halogens is 2. The minimum Gasteiger partial charge on any atom is -1.00 e. The maximum Gasteiger partial charge on any atom is 0.421 e. The fraction of sp³-hybridized carbons (Fsp3) is 0.308. The lowest BCUT2D eigenvalue weighted by Gasteiger charge is -2.04. The third kappa shape index (κ3) is 10.3. The van der Waals surface area contributed by atoms with Crippen LogP contribution < -0.4 is 44.6 Å². The first kappa shape index (κ1) is 33.6. The van der Waals surface area contributed by atoms with Gasteiger partial charge in [0.2, 0.25) is 0 Å². The van der Waals surface area contributed by atoms with E-state index in [0.717, 1.165) is 46.9 Å². The van der Waals surface area contributed by atoms with E-state index >= 15 is 0 Å². The van der Waals surface area contributed by atoms with Crippen molar-refractivity contribution in [2.75, 3.05) is 36.2 Å². The fourth-order valence-corrected chi connectivity index (χ4v) is 3.60. The van der Waals surface area contributed by atoms with E-state index in [-0.39, 0.29) is 24.8 Å². The second kappa shape index (κ2) is 17.2. The summed E-state index contributed by atoms with van der Waals surface area (Å²) < 4.78 is 7.71. The molecule has 0 radical (unpaired) electrons. The standard InChI is InChI=1S/C14H19N5S.C12H15N5.2ClH/c1-18-9-10-19(2)14(18)17-16-13-6-4-12(5-7-13)15-8-11-20-3;1-13-10-4-6-11(7-5-10)14-15-12-16(2)8-9-17(12)3;;/h4-7,9-10H,8,11H2,1-3H3;4-9H,1-3H3;2*1H. The zero-order chi connectivity index (χ0) is 26.6. The Balaban J connectivity index is 0.000000375. The van der Waals surface area contributed by atoms with Crippen LogP contribution in [0.5, 0.6) is 0 Å². The van der Waals surface area contributed by atoms with Gasteiger partial charge in [0.05, 0.1) is 53.0 Å². The second-order valence-corrected chi connectivity index (χ2v) is 9.29. The van der Waals surface area contributed by atoms with Crippen molar-refractivity contribution in [2.24, 2.45) is 48.6 Å². The molecule has 2 heterocycles. The molecule has 0 aliphatic rings. The molecule has 2 N–H and O–H groups in total. The summed E-state index contributed by atoms with van der Waals surface area (Å²) in [5.41, 5.74) is 3.86. The molecule has 0 fully saturated rings. The lowest BCUT2D eigenvalue weighted by Crippen LogP contribution is -3.00. The second-order valence-electron chi connectivity index (χ2n) is 8.30. The van der Waals surface area contributed by atoms with Gasteiger partial charge in [0, 0.05) is 40.9 Å². The van der Waals surface area contributed by atoms with Crippen molar-refractivity contribution in [3.8, 4) is 0 Å². The number of thioether (sulfide) groups is 1. The van der Waals surface area contributed by atoms with E-state index in [9.17, 15) is 0 Å². The lowest BCUT2D eigenvalue weighted by molar-refractivity contribution is -0.657. The van der Waals surface area contributed by atoms with E-state index in [1.807, 2.05) is 139 Å². The summed E-state index contributed by atoms with van der Waals surface area (Å²) in [6.07, 6.45) is 9.89. The molecule has 0 amide bonds.